The smallest absolute Gasteiger partial charge is 0.319 e. The van der Waals surface area contributed by atoms with Gasteiger partial charge in [-0.3, -0.25) is 4.79 Å². The molecule has 1 atom stereocenters. The number of rotatable bonds is 5. The summed E-state index contributed by atoms with van der Waals surface area (Å²) in [6.45, 7) is 1.06. The van der Waals surface area contributed by atoms with Gasteiger partial charge in [0.15, 0.2) is 0 Å². The van der Waals surface area contributed by atoms with Gasteiger partial charge in [-0.15, -0.1) is 0 Å². The average molecular weight is 442 g/mol. The molecular weight excluding hydrogens is 419 g/mol. The molecule has 3 aromatic rings. The van der Waals surface area contributed by atoms with Crippen molar-refractivity contribution in [2.24, 2.45) is 0 Å². The number of fused-ring (bicyclic) bond motifs is 1. The number of halogens is 1. The molecule has 1 heterocycles. The van der Waals surface area contributed by atoms with Gasteiger partial charge in [-0.25, -0.2) is 9.18 Å². The first-order valence-electron chi connectivity index (χ1n) is 10.7. The van der Waals surface area contributed by atoms with E-state index >= 15 is 0 Å². The van der Waals surface area contributed by atoms with E-state index in [9.17, 15) is 14.0 Å². The number of carbonyl (C=O) groups excluding carboxylic acids is 2. The van der Waals surface area contributed by atoms with Crippen molar-refractivity contribution >= 4 is 17.6 Å². The summed E-state index contributed by atoms with van der Waals surface area (Å²) in [4.78, 5) is 27.9. The minimum absolute atomic E-state index is 0.178. The summed E-state index contributed by atoms with van der Waals surface area (Å²) in [6, 6.07) is 21.1. The van der Waals surface area contributed by atoms with Crippen LogP contribution in [0.25, 0.3) is 0 Å². The number of anilines is 1. The molecule has 6 nitrogen and oxygen atoms in total. The first-order chi connectivity index (χ1) is 16.0. The highest BCUT2D eigenvalue weighted by Gasteiger charge is 2.28. The van der Waals surface area contributed by atoms with E-state index < -0.39 is 17.9 Å². The Hall–Kier alpha value is -4.18. The Morgan fingerprint density at radius 2 is 1.70 bits per heavy atom. The third-order valence-electron chi connectivity index (χ3n) is 5.67. The average Bonchev–Trinajstić information content (AvgIpc) is 2.84. The van der Waals surface area contributed by atoms with E-state index in [0.717, 1.165) is 17.5 Å². The molecule has 0 bridgehead atoms. The summed E-state index contributed by atoms with van der Waals surface area (Å²) >= 11 is 0. The number of carbonyl (C=O) groups is 2. The number of urea groups is 1. The van der Waals surface area contributed by atoms with Crippen LogP contribution in [0.3, 0.4) is 0 Å². The predicted octanol–water partition coefficient (Wildman–Crippen LogP) is 4.02. The zero-order valence-electron chi connectivity index (χ0n) is 17.9. The largest absolute Gasteiger partial charge is 0.336 e. The third kappa shape index (κ3) is 5.55. The summed E-state index contributed by atoms with van der Waals surface area (Å²) in [6.07, 6.45) is 1.03. The van der Waals surface area contributed by atoms with Gasteiger partial charge < -0.3 is 15.5 Å². The Bertz CT molecular complexity index is 1190. The highest BCUT2D eigenvalue weighted by atomic mass is 19.1. The number of nitriles is 1. The number of hydrogen-bond donors (Lipinski definition) is 2. The highest BCUT2D eigenvalue weighted by molar-refractivity contribution is 5.94. The molecule has 4 rings (SSSR count). The van der Waals surface area contributed by atoms with E-state index in [1.54, 1.807) is 29.2 Å². The zero-order valence-corrected chi connectivity index (χ0v) is 17.9. The molecule has 7 heteroatoms. The maximum absolute atomic E-state index is 13.4. The van der Waals surface area contributed by atoms with Crippen molar-refractivity contribution in [2.45, 2.75) is 25.4 Å². The molecule has 0 unspecified atom stereocenters. The maximum Gasteiger partial charge on any atom is 0.319 e. The van der Waals surface area contributed by atoms with Crippen LogP contribution < -0.4 is 10.6 Å². The van der Waals surface area contributed by atoms with E-state index in [1.807, 2.05) is 18.2 Å². The molecular formula is C26H23FN4O2. The van der Waals surface area contributed by atoms with E-state index in [2.05, 4.69) is 22.8 Å². The van der Waals surface area contributed by atoms with Crippen molar-refractivity contribution in [1.29, 1.82) is 5.26 Å². The van der Waals surface area contributed by atoms with E-state index in [4.69, 9.17) is 5.26 Å². The van der Waals surface area contributed by atoms with Gasteiger partial charge in [-0.05, 0) is 59.5 Å². The fourth-order valence-electron chi connectivity index (χ4n) is 3.91. The number of amides is 3. The zero-order chi connectivity index (χ0) is 23.2. The lowest BCUT2D eigenvalue weighted by Crippen LogP contribution is -2.51. The van der Waals surface area contributed by atoms with Crippen molar-refractivity contribution < 1.29 is 14.0 Å². The van der Waals surface area contributed by atoms with E-state index in [-0.39, 0.29) is 12.3 Å². The lowest BCUT2D eigenvalue weighted by molar-refractivity contribution is -0.134. The maximum atomic E-state index is 13.4. The Morgan fingerprint density at radius 1 is 1.00 bits per heavy atom. The van der Waals surface area contributed by atoms with Crippen molar-refractivity contribution in [3.8, 4) is 6.07 Å². The van der Waals surface area contributed by atoms with Gasteiger partial charge in [0.05, 0.1) is 11.6 Å². The molecule has 3 amide bonds. The Kier molecular flexibility index (Phi) is 6.65. The Morgan fingerprint density at radius 3 is 2.39 bits per heavy atom. The summed E-state index contributed by atoms with van der Waals surface area (Å²) in [5, 5.41) is 14.5. The van der Waals surface area contributed by atoms with Crippen LogP contribution in [0, 0.1) is 17.1 Å². The molecule has 0 aliphatic carbocycles. The lowest BCUT2D eigenvalue weighted by Gasteiger charge is -2.32. The lowest BCUT2D eigenvalue weighted by atomic mass is 9.98. The molecule has 0 saturated heterocycles. The summed E-state index contributed by atoms with van der Waals surface area (Å²) < 4.78 is 13.1. The topological polar surface area (TPSA) is 85.2 Å². The number of nitrogens with zero attached hydrogens (tertiary/aromatic N) is 2. The SMILES string of the molecule is N#Cc1ccc(C[C@@H](NC(=O)Nc2ccc(F)cc2)C(=O)N2CCc3ccccc3C2)cc1. The Labute approximate surface area is 191 Å². The molecule has 1 aliphatic heterocycles. The first-order valence-corrected chi connectivity index (χ1v) is 10.7. The normalized spacial score (nSPS) is 13.4. The Balaban J connectivity index is 1.51. The van der Waals surface area contributed by atoms with Crippen LogP contribution in [0.1, 0.15) is 22.3 Å². The highest BCUT2D eigenvalue weighted by Crippen LogP contribution is 2.20. The van der Waals surface area contributed by atoms with Crippen LogP contribution in [0.4, 0.5) is 14.9 Å². The molecule has 1 aliphatic rings. The molecule has 0 aromatic heterocycles. The van der Waals surface area contributed by atoms with Gasteiger partial charge >= 0.3 is 6.03 Å². The minimum Gasteiger partial charge on any atom is -0.336 e. The molecule has 0 radical (unpaired) electrons. The minimum atomic E-state index is -0.802. The molecule has 166 valence electrons. The molecule has 2 N–H and O–H groups in total. The predicted molar refractivity (Wildman–Crippen MR) is 123 cm³/mol. The molecule has 0 saturated carbocycles. The van der Waals surface area contributed by atoms with Crippen molar-refractivity contribution in [1.82, 2.24) is 10.2 Å². The summed E-state index contributed by atoms with van der Waals surface area (Å²) in [5.74, 6) is -0.580. The van der Waals surface area contributed by atoms with Crippen LogP contribution in [0.5, 0.6) is 0 Å². The van der Waals surface area contributed by atoms with Crippen molar-refractivity contribution in [3.05, 3.63) is 101 Å². The molecule has 0 spiro atoms. The van der Waals surface area contributed by atoms with Gasteiger partial charge in [0, 0.05) is 25.2 Å². The second kappa shape index (κ2) is 9.96. The van der Waals surface area contributed by atoms with Crippen LogP contribution in [0.15, 0.2) is 72.8 Å². The van der Waals surface area contributed by atoms with Crippen molar-refractivity contribution in [3.63, 3.8) is 0 Å². The second-order valence-electron chi connectivity index (χ2n) is 7.95. The second-order valence-corrected chi connectivity index (χ2v) is 7.95. The van der Waals surface area contributed by atoms with Gasteiger partial charge in [-0.1, -0.05) is 36.4 Å². The summed E-state index contributed by atoms with van der Waals surface area (Å²) in [5.41, 5.74) is 4.10. The van der Waals surface area contributed by atoms with E-state index in [1.165, 1.54) is 29.8 Å². The van der Waals surface area contributed by atoms with Gasteiger partial charge in [-0.2, -0.15) is 5.26 Å². The summed E-state index contributed by atoms with van der Waals surface area (Å²) in [7, 11) is 0. The third-order valence-corrected chi connectivity index (χ3v) is 5.67. The molecule has 3 aromatic carbocycles. The van der Waals surface area contributed by atoms with E-state index in [0.29, 0.717) is 24.3 Å². The first kappa shape index (κ1) is 22.0. The molecule has 33 heavy (non-hydrogen) atoms. The van der Waals surface area contributed by atoms with Crippen LogP contribution in [-0.4, -0.2) is 29.4 Å². The fourth-order valence-corrected chi connectivity index (χ4v) is 3.91. The number of benzene rings is 3. The van der Waals surface area contributed by atoms with Gasteiger partial charge in [0.25, 0.3) is 0 Å². The van der Waals surface area contributed by atoms with Gasteiger partial charge in [0.2, 0.25) is 5.91 Å². The fraction of sp³-hybridized carbons (Fsp3) is 0.192. The molecule has 0 fully saturated rings. The standard InChI is InChI=1S/C26H23FN4O2/c27-22-9-11-23(12-10-22)29-26(33)30-24(15-18-5-7-19(16-28)8-6-18)25(32)31-14-13-20-3-1-2-4-21(20)17-31/h1-12,24H,13-15,17H2,(H2,29,30,33)/t24-/m1/s1. The van der Waals surface area contributed by atoms with Crippen molar-refractivity contribution in [2.75, 3.05) is 11.9 Å². The van der Waals surface area contributed by atoms with Crippen LogP contribution >= 0.6 is 0 Å². The van der Waals surface area contributed by atoms with Crippen LogP contribution in [-0.2, 0) is 24.2 Å². The quantitative estimate of drug-likeness (QED) is 0.626. The monoisotopic (exact) mass is 442 g/mol. The van der Waals surface area contributed by atoms with Crippen LogP contribution in [0.2, 0.25) is 0 Å². The number of nitrogens with one attached hydrogen (secondary N) is 2. The number of hydrogen-bond acceptors (Lipinski definition) is 3. The van der Waals surface area contributed by atoms with Gasteiger partial charge in [0.1, 0.15) is 11.9 Å².